The first-order valence-corrected chi connectivity index (χ1v) is 17.2. The number of rotatable bonds is 10. The maximum atomic E-state index is 12.2. The molecule has 8 heteroatoms. The molecule has 0 bridgehead atoms. The summed E-state index contributed by atoms with van der Waals surface area (Å²) in [6.45, 7) is 13.9. The van der Waals surface area contributed by atoms with E-state index < -0.39 is 0 Å². The van der Waals surface area contributed by atoms with Crippen LogP contribution in [0.2, 0.25) is 0 Å². The Morgan fingerprint density at radius 1 is 0.733 bits per heavy atom. The molecule has 0 radical (unpaired) electrons. The standard InChI is InChI=1S/C37H50N2O6/c1-24-28-16-14-26(12-10-18-36(3)32(44-36)30(28)42-34(24)40)22-38-20-8-6-5-7-9-21-39-23-27-13-11-19-37(4)33(45-37)31-29(17-15-27)25(2)35(41)43-31/h12-13,22-23,28-33H,1-2,5-11,14-21H2,3-4H3/b26-12+,27-13+,38-22+,39-23?/t28-,29-,30-,31-,32-,33-,36+,37+/m0/s1. The Kier molecular flexibility index (Phi) is 9.62. The number of hydrogen-bond acceptors (Lipinski definition) is 8. The van der Waals surface area contributed by atoms with Crippen LogP contribution in [-0.4, -0.2) is 73.1 Å². The second-order valence-electron chi connectivity index (χ2n) is 14.3. The third kappa shape index (κ3) is 7.27. The van der Waals surface area contributed by atoms with Crippen molar-refractivity contribution in [3.8, 4) is 0 Å². The van der Waals surface area contributed by atoms with Crippen molar-refractivity contribution in [2.24, 2.45) is 21.8 Å². The Morgan fingerprint density at radius 2 is 1.16 bits per heavy atom. The minimum absolute atomic E-state index is 0.00470. The van der Waals surface area contributed by atoms with Gasteiger partial charge in [-0.2, -0.15) is 0 Å². The Bertz CT molecular complexity index is 1220. The molecule has 0 amide bonds. The average molecular weight is 619 g/mol. The van der Waals surface area contributed by atoms with Crippen molar-refractivity contribution < 1.29 is 28.5 Å². The molecule has 6 rings (SSSR count). The van der Waals surface area contributed by atoms with Gasteiger partial charge in [-0.25, -0.2) is 9.59 Å². The average Bonchev–Trinajstić information content (AvgIpc) is 3.82. The molecule has 2 aliphatic carbocycles. The van der Waals surface area contributed by atoms with Gasteiger partial charge in [0.05, 0.1) is 11.2 Å². The van der Waals surface area contributed by atoms with Gasteiger partial charge in [-0.05, 0) is 89.2 Å². The number of epoxide rings is 2. The first-order chi connectivity index (χ1) is 21.7. The van der Waals surface area contributed by atoms with Crippen LogP contribution in [0, 0.1) is 11.8 Å². The lowest BCUT2D eigenvalue weighted by molar-refractivity contribution is -0.140. The molecule has 4 fully saturated rings. The van der Waals surface area contributed by atoms with E-state index in [4.69, 9.17) is 28.9 Å². The molecule has 0 aromatic rings. The molecule has 0 spiro atoms. The molecule has 45 heavy (non-hydrogen) atoms. The molecule has 0 saturated carbocycles. The van der Waals surface area contributed by atoms with E-state index in [0.717, 1.165) is 77.3 Å². The molecule has 4 aliphatic heterocycles. The van der Waals surface area contributed by atoms with E-state index in [2.05, 4.69) is 39.2 Å². The number of hydrogen-bond donors (Lipinski definition) is 0. The van der Waals surface area contributed by atoms with E-state index in [1.54, 1.807) is 0 Å². The van der Waals surface area contributed by atoms with Gasteiger partial charge in [0.2, 0.25) is 0 Å². The maximum Gasteiger partial charge on any atom is 0.334 e. The highest BCUT2D eigenvalue weighted by atomic mass is 16.7. The van der Waals surface area contributed by atoms with Crippen LogP contribution < -0.4 is 0 Å². The van der Waals surface area contributed by atoms with Gasteiger partial charge in [-0.1, -0.05) is 44.6 Å². The molecule has 0 aromatic heterocycles. The van der Waals surface area contributed by atoms with E-state index in [9.17, 15) is 9.59 Å². The fourth-order valence-corrected chi connectivity index (χ4v) is 7.70. The number of carbonyl (C=O) groups excluding carboxylic acids is 2. The number of aliphatic imine (C=N–C) groups is 2. The molecular weight excluding hydrogens is 568 g/mol. The second kappa shape index (κ2) is 13.5. The summed E-state index contributed by atoms with van der Waals surface area (Å²) in [5, 5.41) is 0. The van der Waals surface area contributed by atoms with E-state index >= 15 is 0 Å². The zero-order valence-electron chi connectivity index (χ0n) is 27.1. The minimum Gasteiger partial charge on any atom is -0.455 e. The Labute approximate surface area is 268 Å². The number of allylic oxidation sites excluding steroid dienone is 4. The summed E-state index contributed by atoms with van der Waals surface area (Å²) < 4.78 is 23.3. The molecule has 8 atom stereocenters. The maximum absolute atomic E-state index is 12.2. The van der Waals surface area contributed by atoms with Crippen molar-refractivity contribution in [1.82, 2.24) is 0 Å². The summed E-state index contributed by atoms with van der Waals surface area (Å²) in [5.41, 5.74) is 3.24. The largest absolute Gasteiger partial charge is 0.455 e. The van der Waals surface area contributed by atoms with E-state index in [1.807, 2.05) is 12.4 Å². The Morgan fingerprint density at radius 3 is 1.60 bits per heavy atom. The third-order valence-corrected chi connectivity index (χ3v) is 10.8. The number of ether oxygens (including phenoxy) is 4. The van der Waals surface area contributed by atoms with Gasteiger partial charge in [0.1, 0.15) is 24.4 Å². The second-order valence-corrected chi connectivity index (χ2v) is 14.3. The van der Waals surface area contributed by atoms with Gasteiger partial charge in [-0.3, -0.25) is 9.98 Å². The van der Waals surface area contributed by atoms with Gasteiger partial charge < -0.3 is 18.9 Å². The van der Waals surface area contributed by atoms with Gasteiger partial charge >= 0.3 is 11.9 Å². The molecule has 4 heterocycles. The molecule has 0 unspecified atom stereocenters. The SMILES string of the molecule is C=C1C(=O)O[C@H]2[C@H]1CC/C(C=NCCCCCCC/N=C/C1=C/CC[C@@]3(C)O[C@H]3[C@H]3OC(=O)C(=C)[C@@H]3CC1)=C\CC[C@@]1(C)O[C@@H]21. The topological polar surface area (TPSA) is 102 Å². The Hall–Kier alpha value is -2.84. The normalized spacial score (nSPS) is 40.4. The lowest BCUT2D eigenvalue weighted by Crippen LogP contribution is -2.28. The van der Waals surface area contributed by atoms with Crippen LogP contribution >= 0.6 is 0 Å². The van der Waals surface area contributed by atoms with Gasteiger partial charge in [0, 0.05) is 48.5 Å². The number of esters is 2. The molecule has 4 saturated heterocycles. The summed E-state index contributed by atoms with van der Waals surface area (Å²) >= 11 is 0. The van der Waals surface area contributed by atoms with Crippen molar-refractivity contribution in [2.75, 3.05) is 13.1 Å². The summed E-state index contributed by atoms with van der Waals surface area (Å²) in [6.07, 6.45) is 21.1. The highest BCUT2D eigenvalue weighted by molar-refractivity contribution is 5.91. The fourth-order valence-electron chi connectivity index (χ4n) is 7.70. The summed E-state index contributed by atoms with van der Waals surface area (Å²) in [7, 11) is 0. The van der Waals surface area contributed by atoms with Crippen molar-refractivity contribution in [1.29, 1.82) is 0 Å². The van der Waals surface area contributed by atoms with Gasteiger partial charge in [0.15, 0.2) is 0 Å². The van der Waals surface area contributed by atoms with E-state index in [0.29, 0.717) is 11.1 Å². The molecule has 244 valence electrons. The lowest BCUT2D eigenvalue weighted by atomic mass is 9.84. The van der Waals surface area contributed by atoms with Crippen LogP contribution in [0.15, 0.2) is 57.6 Å². The monoisotopic (exact) mass is 618 g/mol. The lowest BCUT2D eigenvalue weighted by Gasteiger charge is -2.19. The smallest absolute Gasteiger partial charge is 0.334 e. The molecule has 8 nitrogen and oxygen atoms in total. The van der Waals surface area contributed by atoms with Gasteiger partial charge in [0.25, 0.3) is 0 Å². The zero-order valence-corrected chi connectivity index (χ0v) is 27.1. The number of fused-ring (bicyclic) bond motifs is 6. The summed E-state index contributed by atoms with van der Waals surface area (Å²) in [6, 6.07) is 0. The van der Waals surface area contributed by atoms with E-state index in [1.165, 1.54) is 30.4 Å². The van der Waals surface area contributed by atoms with Crippen LogP contribution in [0.3, 0.4) is 0 Å². The van der Waals surface area contributed by atoms with Crippen LogP contribution in [0.1, 0.15) is 97.3 Å². The fraction of sp³-hybridized carbons (Fsp3) is 0.676. The number of carbonyl (C=O) groups is 2. The van der Waals surface area contributed by atoms with Crippen LogP contribution in [0.5, 0.6) is 0 Å². The molecular formula is C37H50N2O6. The van der Waals surface area contributed by atoms with Crippen molar-refractivity contribution in [3.05, 3.63) is 47.6 Å². The first-order valence-electron chi connectivity index (χ1n) is 17.2. The van der Waals surface area contributed by atoms with E-state index in [-0.39, 0.29) is 59.4 Å². The highest BCUT2D eigenvalue weighted by Gasteiger charge is 2.62. The highest BCUT2D eigenvalue weighted by Crippen LogP contribution is 2.51. The summed E-state index contributed by atoms with van der Waals surface area (Å²) in [4.78, 5) is 33.9. The first kappa shape index (κ1) is 32.1. The summed E-state index contributed by atoms with van der Waals surface area (Å²) in [5.74, 6) is -0.482. The Balaban J connectivity index is 0.871. The number of nitrogens with zero attached hydrogens (tertiary/aromatic N) is 2. The van der Waals surface area contributed by atoms with Crippen LogP contribution in [0.4, 0.5) is 0 Å². The van der Waals surface area contributed by atoms with Crippen LogP contribution in [-0.2, 0) is 28.5 Å². The molecule has 6 aliphatic rings. The molecule has 0 N–H and O–H groups in total. The zero-order chi connectivity index (χ0) is 31.6. The van der Waals surface area contributed by atoms with Gasteiger partial charge in [-0.15, -0.1) is 0 Å². The predicted molar refractivity (Wildman–Crippen MR) is 174 cm³/mol. The molecule has 0 aromatic carbocycles. The van der Waals surface area contributed by atoms with Crippen LogP contribution in [0.25, 0.3) is 0 Å². The van der Waals surface area contributed by atoms with Crippen molar-refractivity contribution in [2.45, 2.75) is 133 Å². The predicted octanol–water partition coefficient (Wildman–Crippen LogP) is 6.59. The van der Waals surface area contributed by atoms with Crippen molar-refractivity contribution >= 4 is 24.4 Å². The quantitative estimate of drug-likeness (QED) is 0.0900. The number of unbranched alkanes of at least 4 members (excludes halogenated alkanes) is 4. The van der Waals surface area contributed by atoms with Crippen molar-refractivity contribution in [3.63, 3.8) is 0 Å². The minimum atomic E-state index is -0.267. The third-order valence-electron chi connectivity index (χ3n) is 10.8.